The number of nitrogens with zero attached hydrogens (tertiary/aromatic N) is 2. The molecular weight excluding hydrogens is 368 g/mol. The van der Waals surface area contributed by atoms with Gasteiger partial charge in [0.1, 0.15) is 0 Å². The number of aromatic nitrogens is 1. The second-order valence-corrected chi connectivity index (χ2v) is 6.79. The lowest BCUT2D eigenvalue weighted by atomic mass is 10.1. The molecule has 0 saturated carbocycles. The predicted octanol–water partition coefficient (Wildman–Crippen LogP) is 4.09. The zero-order valence-electron chi connectivity index (χ0n) is 12.9. The molecule has 3 aromatic rings. The summed E-state index contributed by atoms with van der Waals surface area (Å²) in [5.74, 6) is -0.367. The number of amides is 2. The zero-order valence-corrected chi connectivity index (χ0v) is 14.5. The third-order valence-corrected chi connectivity index (χ3v) is 4.89. The van der Waals surface area contributed by atoms with E-state index in [9.17, 15) is 9.59 Å². The number of aryl methyl sites for hydroxylation is 1. The minimum absolute atomic E-state index is 0.183. The van der Waals surface area contributed by atoms with Gasteiger partial charge >= 0.3 is 0 Å². The average Bonchev–Trinajstić information content (AvgIpc) is 3.09. The minimum Gasteiger partial charge on any atom is -0.347 e. The highest BCUT2D eigenvalue weighted by Crippen LogP contribution is 2.24. The fraction of sp³-hybridized carbons (Fsp3) is 0.158. The maximum Gasteiger partial charge on any atom is 0.261 e. The van der Waals surface area contributed by atoms with Gasteiger partial charge in [0.2, 0.25) is 0 Å². The van der Waals surface area contributed by atoms with E-state index in [4.69, 9.17) is 0 Å². The Balaban J connectivity index is 1.46. The Hall–Kier alpha value is -2.40. The molecule has 0 unspecified atom stereocenters. The van der Waals surface area contributed by atoms with Crippen molar-refractivity contribution in [1.29, 1.82) is 0 Å². The van der Waals surface area contributed by atoms with Crippen molar-refractivity contribution < 1.29 is 9.59 Å². The number of benzene rings is 2. The summed E-state index contributed by atoms with van der Waals surface area (Å²) in [5.41, 5.74) is 2.18. The molecule has 4 rings (SSSR count). The molecule has 1 aliphatic heterocycles. The van der Waals surface area contributed by atoms with E-state index in [0.717, 1.165) is 23.0 Å². The Morgan fingerprint density at radius 2 is 1.58 bits per heavy atom. The topological polar surface area (TPSA) is 42.3 Å². The summed E-state index contributed by atoms with van der Waals surface area (Å²) in [6.07, 6.45) is 2.77. The molecule has 2 amide bonds. The third kappa shape index (κ3) is 2.45. The van der Waals surface area contributed by atoms with Gasteiger partial charge < -0.3 is 4.57 Å². The van der Waals surface area contributed by atoms with Crippen LogP contribution in [0.3, 0.4) is 0 Å². The maximum atomic E-state index is 12.3. The van der Waals surface area contributed by atoms with Crippen LogP contribution in [0.15, 0.2) is 59.2 Å². The molecule has 5 heteroatoms. The van der Waals surface area contributed by atoms with Crippen molar-refractivity contribution in [2.45, 2.75) is 13.0 Å². The predicted molar refractivity (Wildman–Crippen MR) is 96.1 cm³/mol. The first-order chi connectivity index (χ1) is 11.6. The van der Waals surface area contributed by atoms with Crippen LogP contribution < -0.4 is 0 Å². The third-order valence-electron chi connectivity index (χ3n) is 4.39. The lowest BCUT2D eigenvalue weighted by Gasteiger charge is -2.14. The van der Waals surface area contributed by atoms with Gasteiger partial charge in [0.25, 0.3) is 11.8 Å². The number of carbonyl (C=O) groups is 2. The Kier molecular flexibility index (Phi) is 3.73. The van der Waals surface area contributed by atoms with Gasteiger partial charge in [-0.25, -0.2) is 0 Å². The second kappa shape index (κ2) is 5.91. The fourth-order valence-electron chi connectivity index (χ4n) is 3.21. The van der Waals surface area contributed by atoms with E-state index in [2.05, 4.69) is 38.7 Å². The lowest BCUT2D eigenvalue weighted by Crippen LogP contribution is -2.31. The molecule has 1 aliphatic rings. The van der Waals surface area contributed by atoms with Crippen molar-refractivity contribution in [2.24, 2.45) is 0 Å². The van der Waals surface area contributed by atoms with Crippen molar-refractivity contribution in [3.63, 3.8) is 0 Å². The number of hydrogen-bond acceptors (Lipinski definition) is 2. The van der Waals surface area contributed by atoms with Gasteiger partial charge in [-0.1, -0.05) is 28.1 Å². The normalized spacial score (nSPS) is 13.8. The summed E-state index contributed by atoms with van der Waals surface area (Å²) in [5, 5.41) is 1.17. The molecule has 0 radical (unpaired) electrons. The first-order valence-electron chi connectivity index (χ1n) is 7.85. The molecular formula is C19H15BrN2O2. The van der Waals surface area contributed by atoms with E-state index in [0.29, 0.717) is 17.7 Å². The van der Waals surface area contributed by atoms with E-state index < -0.39 is 0 Å². The first-order valence-corrected chi connectivity index (χ1v) is 8.64. The van der Waals surface area contributed by atoms with Crippen molar-refractivity contribution >= 4 is 38.6 Å². The minimum atomic E-state index is -0.183. The largest absolute Gasteiger partial charge is 0.347 e. The Bertz CT molecular complexity index is 926. The number of hydrogen-bond donors (Lipinski definition) is 0. The summed E-state index contributed by atoms with van der Waals surface area (Å²) in [4.78, 5) is 26.0. The van der Waals surface area contributed by atoms with Crippen LogP contribution in [0.25, 0.3) is 10.9 Å². The molecule has 2 aromatic carbocycles. The molecule has 1 aromatic heterocycles. The SMILES string of the molecule is O=C1c2ccccc2C(=O)N1CCCn1ccc2cc(Br)ccc21. The smallest absolute Gasteiger partial charge is 0.261 e. The molecule has 120 valence electrons. The highest BCUT2D eigenvalue weighted by molar-refractivity contribution is 9.10. The van der Waals surface area contributed by atoms with Gasteiger partial charge in [-0.2, -0.15) is 0 Å². The number of rotatable bonds is 4. The lowest BCUT2D eigenvalue weighted by molar-refractivity contribution is 0.0651. The van der Waals surface area contributed by atoms with Crippen molar-refractivity contribution in [1.82, 2.24) is 9.47 Å². The van der Waals surface area contributed by atoms with Crippen molar-refractivity contribution in [2.75, 3.05) is 6.54 Å². The number of carbonyl (C=O) groups excluding carboxylic acids is 2. The second-order valence-electron chi connectivity index (χ2n) is 5.87. The van der Waals surface area contributed by atoms with Crippen LogP contribution in [0.4, 0.5) is 0 Å². The van der Waals surface area contributed by atoms with Crippen LogP contribution in [0.2, 0.25) is 0 Å². The summed E-state index contributed by atoms with van der Waals surface area (Å²) in [7, 11) is 0. The van der Waals surface area contributed by atoms with Gasteiger partial charge in [0.15, 0.2) is 0 Å². The van der Waals surface area contributed by atoms with E-state index >= 15 is 0 Å². The van der Waals surface area contributed by atoms with E-state index in [1.807, 2.05) is 12.3 Å². The van der Waals surface area contributed by atoms with Crippen molar-refractivity contribution in [3.05, 3.63) is 70.3 Å². The Morgan fingerprint density at radius 3 is 2.29 bits per heavy atom. The van der Waals surface area contributed by atoms with Crippen LogP contribution >= 0.6 is 15.9 Å². The maximum absolute atomic E-state index is 12.3. The van der Waals surface area contributed by atoms with Gasteiger partial charge in [0, 0.05) is 34.7 Å². The first kappa shape index (κ1) is 15.1. The Labute approximate surface area is 147 Å². The highest BCUT2D eigenvalue weighted by atomic mass is 79.9. The van der Waals surface area contributed by atoms with Crippen LogP contribution in [-0.2, 0) is 6.54 Å². The van der Waals surface area contributed by atoms with Gasteiger partial charge in [-0.05, 0) is 42.8 Å². The van der Waals surface area contributed by atoms with Gasteiger partial charge in [0.05, 0.1) is 11.1 Å². The van der Waals surface area contributed by atoms with Gasteiger partial charge in [-0.3, -0.25) is 14.5 Å². The molecule has 0 N–H and O–H groups in total. The monoisotopic (exact) mass is 382 g/mol. The zero-order chi connectivity index (χ0) is 16.7. The summed E-state index contributed by atoms with van der Waals surface area (Å²) in [6.45, 7) is 1.20. The molecule has 0 fully saturated rings. The quantitative estimate of drug-likeness (QED) is 0.637. The van der Waals surface area contributed by atoms with Crippen LogP contribution in [0, 0.1) is 0 Å². The van der Waals surface area contributed by atoms with E-state index in [1.165, 1.54) is 10.3 Å². The standard InChI is InChI=1S/C19H15BrN2O2/c20-14-6-7-17-13(12-14)8-11-21(17)9-3-10-22-18(23)15-4-1-2-5-16(15)19(22)24/h1-2,4-8,11-12H,3,9-10H2. The molecule has 24 heavy (non-hydrogen) atoms. The van der Waals surface area contributed by atoms with Crippen LogP contribution in [-0.4, -0.2) is 27.8 Å². The summed E-state index contributed by atoms with van der Waals surface area (Å²) >= 11 is 3.48. The number of imide groups is 1. The van der Waals surface area contributed by atoms with Crippen LogP contribution in [0.5, 0.6) is 0 Å². The van der Waals surface area contributed by atoms with Crippen LogP contribution in [0.1, 0.15) is 27.1 Å². The fourth-order valence-corrected chi connectivity index (χ4v) is 3.59. The van der Waals surface area contributed by atoms with Crippen molar-refractivity contribution in [3.8, 4) is 0 Å². The number of fused-ring (bicyclic) bond motifs is 2. The summed E-state index contributed by atoms with van der Waals surface area (Å²) < 4.78 is 3.21. The van der Waals surface area contributed by atoms with E-state index in [-0.39, 0.29) is 11.8 Å². The summed E-state index contributed by atoms with van der Waals surface area (Å²) in [6, 6.07) is 15.2. The molecule has 0 saturated heterocycles. The van der Waals surface area contributed by atoms with Gasteiger partial charge in [-0.15, -0.1) is 0 Å². The molecule has 0 atom stereocenters. The average molecular weight is 383 g/mol. The molecule has 0 bridgehead atoms. The van der Waals surface area contributed by atoms with E-state index in [1.54, 1.807) is 24.3 Å². The highest BCUT2D eigenvalue weighted by Gasteiger charge is 2.34. The Morgan fingerprint density at radius 1 is 0.875 bits per heavy atom. The molecule has 2 heterocycles. The molecule has 0 spiro atoms. The molecule has 4 nitrogen and oxygen atoms in total. The molecule has 0 aliphatic carbocycles. The number of halogens is 1.